The molecule has 1 fully saturated rings. The van der Waals surface area contributed by atoms with Crippen molar-refractivity contribution < 1.29 is 38.5 Å². The van der Waals surface area contributed by atoms with Crippen LogP contribution in [0.2, 0.25) is 18.6 Å². The van der Waals surface area contributed by atoms with Gasteiger partial charge in [0.1, 0.15) is 11.5 Å². The highest BCUT2D eigenvalue weighted by Crippen LogP contribution is 2.61. The van der Waals surface area contributed by atoms with E-state index < -0.39 is 25.9 Å². The van der Waals surface area contributed by atoms with E-state index in [9.17, 15) is 19.5 Å². The van der Waals surface area contributed by atoms with Crippen LogP contribution < -0.4 is 24.2 Å². The highest BCUT2D eigenvalue weighted by molar-refractivity contribution is 6.71. The largest absolute Gasteiger partial charge is 0.454 e. The number of amides is 3. The van der Waals surface area contributed by atoms with Crippen molar-refractivity contribution in [2.75, 3.05) is 21.3 Å². The lowest BCUT2D eigenvalue weighted by Crippen LogP contribution is -2.46. The van der Waals surface area contributed by atoms with Crippen LogP contribution in [0.4, 0.5) is 28.4 Å². The van der Waals surface area contributed by atoms with Crippen LogP contribution in [0, 0.1) is 5.92 Å². The summed E-state index contributed by atoms with van der Waals surface area (Å²) in [4.78, 5) is 61.7. The number of aliphatic hydroxyl groups is 1. The summed E-state index contributed by atoms with van der Waals surface area (Å²) in [6, 6.07) is 42.3. The van der Waals surface area contributed by atoms with Crippen LogP contribution in [0.1, 0.15) is 50.9 Å². The summed E-state index contributed by atoms with van der Waals surface area (Å²) in [5.41, 5.74) is 3.84. The Morgan fingerprint density at radius 2 is 1.25 bits per heavy atom. The van der Waals surface area contributed by atoms with Crippen molar-refractivity contribution in [1.82, 2.24) is 15.0 Å². The van der Waals surface area contributed by atoms with E-state index in [0.717, 1.165) is 5.56 Å². The molecule has 68 heavy (non-hydrogen) atoms. The van der Waals surface area contributed by atoms with E-state index in [0.29, 0.717) is 93.2 Å². The SMILES string of the molecule is C[C@H]1[C@H]([Si](C)(C)O)[C@@H](CCn2cc(CCO)nn2)O[C@]12C(=O)N(Cc1ccc(N3C(=O)c4ccccc4Oc4ccccc43)cc1)c1ccc(N3C(=O)c4ccccc4Oc4ccccc43)cc12. The van der Waals surface area contributed by atoms with Gasteiger partial charge in [0.05, 0.1) is 46.5 Å². The topological polar surface area (TPSA) is 160 Å². The summed E-state index contributed by atoms with van der Waals surface area (Å²) in [5.74, 6) is 0.647. The average Bonchev–Trinajstić information content (AvgIpc) is 3.93. The fourth-order valence-corrected chi connectivity index (χ4v) is 13.2. The third-order valence-electron chi connectivity index (χ3n) is 13.7. The van der Waals surface area contributed by atoms with E-state index in [1.807, 2.05) is 129 Å². The molecule has 342 valence electrons. The van der Waals surface area contributed by atoms with Gasteiger partial charge in [-0.2, -0.15) is 0 Å². The second-order valence-electron chi connectivity index (χ2n) is 18.3. The van der Waals surface area contributed by atoms with Crippen LogP contribution in [-0.4, -0.2) is 63.6 Å². The van der Waals surface area contributed by atoms with Crippen molar-refractivity contribution in [1.29, 1.82) is 0 Å². The molecule has 0 radical (unpaired) electrons. The lowest BCUT2D eigenvalue weighted by molar-refractivity contribution is -0.146. The number of aromatic nitrogens is 3. The first kappa shape index (κ1) is 43.2. The van der Waals surface area contributed by atoms with E-state index >= 15 is 4.79 Å². The molecule has 4 atom stereocenters. The molecule has 7 aromatic rings. The molecule has 1 spiro atoms. The second kappa shape index (κ2) is 16.7. The van der Waals surface area contributed by atoms with E-state index in [-0.39, 0.29) is 36.4 Å². The molecule has 1 aromatic heterocycles. The van der Waals surface area contributed by atoms with Gasteiger partial charge in [-0.3, -0.25) is 28.9 Å². The molecule has 4 aliphatic heterocycles. The van der Waals surface area contributed by atoms with Gasteiger partial charge >= 0.3 is 0 Å². The maximum absolute atomic E-state index is 15.7. The van der Waals surface area contributed by atoms with Crippen LogP contribution in [0.15, 0.2) is 146 Å². The van der Waals surface area contributed by atoms with Gasteiger partial charge in [0, 0.05) is 54.2 Å². The molecular weight excluding hydrogens is 877 g/mol. The molecule has 1 saturated heterocycles. The van der Waals surface area contributed by atoms with Crippen molar-refractivity contribution >= 4 is 54.5 Å². The molecule has 4 aliphatic rings. The first-order valence-electron chi connectivity index (χ1n) is 22.8. The maximum atomic E-state index is 15.7. The molecule has 3 amide bonds. The van der Waals surface area contributed by atoms with E-state index in [1.54, 1.807) is 55.9 Å². The molecule has 0 bridgehead atoms. The summed E-state index contributed by atoms with van der Waals surface area (Å²) in [7, 11) is -3.06. The molecular formula is C53H48N6O8Si. The number of hydrogen-bond acceptors (Lipinski definition) is 10. The van der Waals surface area contributed by atoms with Crippen LogP contribution in [0.3, 0.4) is 0 Å². The summed E-state index contributed by atoms with van der Waals surface area (Å²) in [6.45, 7) is 6.28. The number of ether oxygens (including phenoxy) is 3. The Bertz CT molecular complexity index is 3130. The highest BCUT2D eigenvalue weighted by Gasteiger charge is 2.66. The quantitative estimate of drug-likeness (QED) is 0.127. The van der Waals surface area contributed by atoms with E-state index in [4.69, 9.17) is 14.2 Å². The van der Waals surface area contributed by atoms with Gasteiger partial charge in [-0.25, -0.2) is 0 Å². The zero-order chi connectivity index (χ0) is 46.9. The maximum Gasteiger partial charge on any atom is 0.266 e. The Balaban J connectivity index is 0.996. The van der Waals surface area contributed by atoms with Gasteiger partial charge in [-0.15, -0.1) is 5.10 Å². The number of fused-ring (bicyclic) bond motifs is 6. The lowest BCUT2D eigenvalue weighted by Gasteiger charge is -2.32. The number of carbonyl (C=O) groups excluding carboxylic acids is 3. The third-order valence-corrected chi connectivity index (χ3v) is 16.2. The molecule has 6 aromatic carbocycles. The van der Waals surface area contributed by atoms with E-state index in [1.165, 1.54) is 0 Å². The Morgan fingerprint density at radius 1 is 0.691 bits per heavy atom. The Morgan fingerprint density at radius 3 is 1.85 bits per heavy atom. The minimum atomic E-state index is -3.06. The fourth-order valence-electron chi connectivity index (χ4n) is 10.6. The monoisotopic (exact) mass is 924 g/mol. The number of carbonyl (C=O) groups is 3. The minimum absolute atomic E-state index is 0.0494. The van der Waals surface area contributed by atoms with Crippen molar-refractivity contribution in [2.45, 2.75) is 63.2 Å². The number of aryl methyl sites for hydroxylation is 1. The first-order valence-corrected chi connectivity index (χ1v) is 25.8. The molecule has 0 aliphatic carbocycles. The summed E-state index contributed by atoms with van der Waals surface area (Å²) >= 11 is 0. The third kappa shape index (κ3) is 7.08. The number of para-hydroxylation sites is 6. The fraction of sp³-hybridized carbons (Fsp3) is 0.226. The molecule has 5 heterocycles. The Kier molecular flexibility index (Phi) is 10.6. The molecule has 2 N–H and O–H groups in total. The average molecular weight is 925 g/mol. The van der Waals surface area contributed by atoms with Crippen molar-refractivity contribution in [3.63, 3.8) is 0 Å². The summed E-state index contributed by atoms with van der Waals surface area (Å²) in [5, 5.41) is 18.0. The first-order chi connectivity index (χ1) is 32.9. The summed E-state index contributed by atoms with van der Waals surface area (Å²) < 4.78 is 21.5. The van der Waals surface area contributed by atoms with Crippen molar-refractivity contribution in [3.8, 4) is 23.0 Å². The predicted molar refractivity (Wildman–Crippen MR) is 258 cm³/mol. The zero-order valence-electron chi connectivity index (χ0n) is 37.7. The van der Waals surface area contributed by atoms with Gasteiger partial charge < -0.3 is 29.0 Å². The normalized spacial score (nSPS) is 20.5. The Labute approximate surface area is 393 Å². The van der Waals surface area contributed by atoms with Gasteiger partial charge in [0.25, 0.3) is 17.7 Å². The molecule has 11 rings (SSSR count). The van der Waals surface area contributed by atoms with E-state index in [2.05, 4.69) is 10.3 Å². The van der Waals surface area contributed by atoms with Gasteiger partial charge in [-0.1, -0.05) is 72.8 Å². The van der Waals surface area contributed by atoms with Crippen molar-refractivity contribution in [2.24, 2.45) is 5.92 Å². The number of anilines is 5. The number of hydrogen-bond donors (Lipinski definition) is 2. The number of aliphatic hydroxyl groups excluding tert-OH is 1. The number of rotatable bonds is 10. The van der Waals surface area contributed by atoms with Gasteiger partial charge in [0.2, 0.25) is 0 Å². The van der Waals surface area contributed by atoms with Crippen LogP contribution in [0.25, 0.3) is 0 Å². The molecule has 14 nitrogen and oxygen atoms in total. The van der Waals surface area contributed by atoms with Gasteiger partial charge in [0.15, 0.2) is 25.4 Å². The number of nitrogens with zero attached hydrogens (tertiary/aromatic N) is 6. The standard InChI is InChI=1S/C53H48N6O8Si/c1-33-49(68(2,3)64)48(26-28-56-32-35(27-29-60)54-55-56)67-53(33)40-30-37(59-43-15-7-11-19-47(43)66-45-17-9-5-13-39(45)51(59)62)24-25-41(40)57(52(53)63)31-34-20-22-36(23-21-34)58-42-14-6-10-18-46(42)65-44-16-8-4-12-38(44)50(58)61/h4-25,30,32-33,48-49,60,64H,26-29,31H2,1-3H3/t33-,48+,49-,53+/m0/s1. The molecule has 0 unspecified atom stereocenters. The predicted octanol–water partition coefficient (Wildman–Crippen LogP) is 9.42. The zero-order valence-corrected chi connectivity index (χ0v) is 38.7. The molecule has 15 heteroatoms. The Hall–Kier alpha value is -7.43. The van der Waals surface area contributed by atoms with Crippen LogP contribution in [-0.2, 0) is 34.6 Å². The molecule has 0 saturated carbocycles. The number of benzene rings is 6. The summed E-state index contributed by atoms with van der Waals surface area (Å²) in [6.07, 6.45) is 2.05. The highest BCUT2D eigenvalue weighted by atomic mass is 28.4. The van der Waals surface area contributed by atoms with Gasteiger partial charge in [-0.05, 0) is 104 Å². The minimum Gasteiger partial charge on any atom is -0.454 e. The lowest BCUT2D eigenvalue weighted by atomic mass is 9.82. The van der Waals surface area contributed by atoms with Crippen LogP contribution >= 0.6 is 0 Å². The van der Waals surface area contributed by atoms with Crippen LogP contribution in [0.5, 0.6) is 23.0 Å². The van der Waals surface area contributed by atoms with Crippen molar-refractivity contribution in [3.05, 3.63) is 174 Å². The smallest absolute Gasteiger partial charge is 0.266 e. The second-order valence-corrected chi connectivity index (χ2v) is 22.2.